The molecular formula is C52H39N5O2. The first-order valence-electron chi connectivity index (χ1n) is 20.0. The van der Waals surface area contributed by atoms with E-state index in [0.29, 0.717) is 11.3 Å². The molecule has 0 spiro atoms. The standard InChI is InChI=1S/C52H39N5O2/c1-52(2,3)31-47-53-40-23-20-34(30-46(40)59-47)32-18-21-36(22-19-32)57-42-29-28-41-49(48(42)50-43(57)26-24-38(54-50)33-12-6-4-7-13-33)51-44(56(41)35-14-8-5-9-15-35)27-25-39(55-51)37-16-10-11-17-45(37)58/h4-30,58H,31H2,1-3H3. The predicted molar refractivity (Wildman–Crippen MR) is 239 cm³/mol. The number of pyridine rings is 2. The Labute approximate surface area is 340 Å². The van der Waals surface area contributed by atoms with Crippen molar-refractivity contribution in [3.05, 3.63) is 170 Å². The first kappa shape index (κ1) is 34.7. The van der Waals surface area contributed by atoms with E-state index in [0.717, 1.165) is 101 Å². The molecule has 59 heavy (non-hydrogen) atoms. The molecule has 0 aliphatic carbocycles. The lowest BCUT2D eigenvalue weighted by Gasteiger charge is -2.14. The number of hydrogen-bond acceptors (Lipinski definition) is 5. The molecule has 0 atom stereocenters. The molecule has 5 aromatic heterocycles. The van der Waals surface area contributed by atoms with Crippen molar-refractivity contribution >= 4 is 55.0 Å². The Bertz CT molecular complexity index is 3390. The Morgan fingerprint density at radius 3 is 1.73 bits per heavy atom. The van der Waals surface area contributed by atoms with Crippen molar-refractivity contribution in [1.29, 1.82) is 0 Å². The Morgan fingerprint density at radius 1 is 0.508 bits per heavy atom. The number of aromatic nitrogens is 5. The number of fused-ring (bicyclic) bond motifs is 8. The van der Waals surface area contributed by atoms with E-state index in [4.69, 9.17) is 19.4 Å². The van der Waals surface area contributed by atoms with Gasteiger partial charge in [0.05, 0.1) is 44.5 Å². The van der Waals surface area contributed by atoms with Gasteiger partial charge in [0.2, 0.25) is 0 Å². The number of oxazole rings is 1. The fraction of sp³-hybridized carbons (Fsp3) is 0.0962. The lowest BCUT2D eigenvalue weighted by Crippen LogP contribution is -2.09. The molecule has 0 amide bonds. The van der Waals surface area contributed by atoms with Crippen LogP contribution in [0.1, 0.15) is 26.7 Å². The zero-order chi connectivity index (χ0) is 39.8. The van der Waals surface area contributed by atoms with Crippen LogP contribution in [-0.4, -0.2) is 29.2 Å². The summed E-state index contributed by atoms with van der Waals surface area (Å²) < 4.78 is 10.8. The summed E-state index contributed by atoms with van der Waals surface area (Å²) in [6.45, 7) is 6.59. The maximum absolute atomic E-state index is 10.9. The summed E-state index contributed by atoms with van der Waals surface area (Å²) in [6.07, 6.45) is 0.777. The highest BCUT2D eigenvalue weighted by atomic mass is 16.3. The van der Waals surface area contributed by atoms with E-state index in [-0.39, 0.29) is 11.2 Å². The van der Waals surface area contributed by atoms with Crippen LogP contribution in [0.4, 0.5) is 0 Å². The number of hydrogen-bond donors (Lipinski definition) is 1. The average molecular weight is 766 g/mol. The third-order valence-corrected chi connectivity index (χ3v) is 11.2. The lowest BCUT2D eigenvalue weighted by molar-refractivity contribution is 0.362. The number of phenols is 1. The summed E-state index contributed by atoms with van der Waals surface area (Å²) in [6, 6.07) is 55.9. The Morgan fingerprint density at radius 2 is 1.07 bits per heavy atom. The quantitative estimate of drug-likeness (QED) is 0.182. The Kier molecular flexibility index (Phi) is 7.82. The molecular weight excluding hydrogens is 727 g/mol. The van der Waals surface area contributed by atoms with Gasteiger partial charge in [0.15, 0.2) is 11.5 Å². The third kappa shape index (κ3) is 5.85. The molecule has 7 nitrogen and oxygen atoms in total. The second-order valence-corrected chi connectivity index (χ2v) is 16.4. The molecule has 11 aromatic rings. The zero-order valence-corrected chi connectivity index (χ0v) is 32.9. The summed E-state index contributed by atoms with van der Waals surface area (Å²) in [4.78, 5) is 15.6. The van der Waals surface area contributed by atoms with Crippen LogP contribution in [0.25, 0.3) is 100.0 Å². The van der Waals surface area contributed by atoms with Gasteiger partial charge in [-0.2, -0.15) is 0 Å². The highest BCUT2D eigenvalue weighted by Gasteiger charge is 2.24. The van der Waals surface area contributed by atoms with E-state index in [1.807, 2.05) is 54.6 Å². The van der Waals surface area contributed by atoms with E-state index in [1.165, 1.54) is 0 Å². The van der Waals surface area contributed by atoms with Crippen LogP contribution in [0.15, 0.2) is 168 Å². The number of phenolic OH excluding ortho intramolecular Hbond substituents is 1. The van der Waals surface area contributed by atoms with E-state index in [2.05, 4.69) is 133 Å². The molecule has 0 aliphatic heterocycles. The van der Waals surface area contributed by atoms with E-state index in [1.54, 1.807) is 6.07 Å². The number of benzene rings is 6. The van der Waals surface area contributed by atoms with Gasteiger partial charge in [0, 0.05) is 39.7 Å². The van der Waals surface area contributed by atoms with E-state index in [9.17, 15) is 5.11 Å². The second-order valence-electron chi connectivity index (χ2n) is 16.4. The van der Waals surface area contributed by atoms with Crippen molar-refractivity contribution in [1.82, 2.24) is 24.1 Å². The van der Waals surface area contributed by atoms with Crippen LogP contribution in [0.2, 0.25) is 0 Å². The second kappa shape index (κ2) is 13.3. The minimum Gasteiger partial charge on any atom is -0.507 e. The minimum absolute atomic E-state index is 0.0846. The predicted octanol–water partition coefficient (Wildman–Crippen LogP) is 13.1. The molecule has 6 aromatic carbocycles. The summed E-state index contributed by atoms with van der Waals surface area (Å²) in [5.74, 6) is 0.956. The van der Waals surface area contributed by atoms with Crippen molar-refractivity contribution in [2.75, 3.05) is 0 Å². The highest BCUT2D eigenvalue weighted by Crippen LogP contribution is 2.43. The van der Waals surface area contributed by atoms with Gasteiger partial charge in [-0.15, -0.1) is 0 Å². The number of nitrogens with zero attached hydrogens (tertiary/aromatic N) is 5. The van der Waals surface area contributed by atoms with Crippen molar-refractivity contribution in [2.24, 2.45) is 5.41 Å². The zero-order valence-electron chi connectivity index (χ0n) is 32.9. The molecule has 7 heteroatoms. The van der Waals surface area contributed by atoms with Gasteiger partial charge in [-0.1, -0.05) is 99.6 Å². The normalized spacial score (nSPS) is 12.1. The van der Waals surface area contributed by atoms with Crippen molar-refractivity contribution in [2.45, 2.75) is 27.2 Å². The SMILES string of the molecule is CC(C)(C)Cc1nc2ccc(-c3ccc(-n4c5ccc(-c6ccccc6)nc5c5c6c7nc(-c8ccccc8O)ccc7n(-c7ccccc7)c6ccc54)cc3)cc2o1. The van der Waals surface area contributed by atoms with Crippen LogP contribution in [0.5, 0.6) is 5.75 Å². The largest absolute Gasteiger partial charge is 0.507 e. The first-order chi connectivity index (χ1) is 28.8. The van der Waals surface area contributed by atoms with E-state index < -0.39 is 0 Å². The summed E-state index contributed by atoms with van der Waals surface area (Å²) in [5, 5.41) is 12.9. The van der Waals surface area contributed by atoms with Crippen LogP contribution < -0.4 is 0 Å². The van der Waals surface area contributed by atoms with Gasteiger partial charge >= 0.3 is 0 Å². The maximum Gasteiger partial charge on any atom is 0.195 e. The molecule has 0 aliphatic rings. The molecule has 1 N–H and O–H groups in total. The number of rotatable bonds is 6. The molecule has 0 bridgehead atoms. The van der Waals surface area contributed by atoms with Crippen LogP contribution in [0.3, 0.4) is 0 Å². The van der Waals surface area contributed by atoms with Crippen molar-refractivity contribution in [3.63, 3.8) is 0 Å². The fourth-order valence-corrected chi connectivity index (χ4v) is 8.55. The van der Waals surface area contributed by atoms with Gasteiger partial charge in [-0.25, -0.2) is 15.0 Å². The molecule has 11 rings (SSSR count). The van der Waals surface area contributed by atoms with Gasteiger partial charge in [-0.05, 0) is 101 Å². The topological polar surface area (TPSA) is 81.9 Å². The fourth-order valence-electron chi connectivity index (χ4n) is 8.55. The molecule has 0 saturated carbocycles. The number of para-hydroxylation sites is 2. The summed E-state index contributed by atoms with van der Waals surface area (Å²) in [5.41, 5.74) is 15.0. The molecule has 0 fully saturated rings. The van der Waals surface area contributed by atoms with Gasteiger partial charge < -0.3 is 18.7 Å². The summed E-state index contributed by atoms with van der Waals surface area (Å²) >= 11 is 0. The lowest BCUT2D eigenvalue weighted by atomic mass is 9.92. The van der Waals surface area contributed by atoms with Crippen LogP contribution >= 0.6 is 0 Å². The molecule has 5 heterocycles. The molecule has 0 saturated heterocycles. The van der Waals surface area contributed by atoms with Crippen LogP contribution in [-0.2, 0) is 6.42 Å². The third-order valence-electron chi connectivity index (χ3n) is 11.2. The average Bonchev–Trinajstić information content (AvgIpc) is 3.92. The monoisotopic (exact) mass is 765 g/mol. The highest BCUT2D eigenvalue weighted by molar-refractivity contribution is 6.27. The Balaban J connectivity index is 1.15. The Hall–Kier alpha value is -7.51. The molecule has 0 unspecified atom stereocenters. The smallest absolute Gasteiger partial charge is 0.195 e. The van der Waals surface area contributed by atoms with Gasteiger partial charge in [0.25, 0.3) is 0 Å². The van der Waals surface area contributed by atoms with Gasteiger partial charge in [-0.3, -0.25) is 0 Å². The van der Waals surface area contributed by atoms with E-state index >= 15 is 0 Å². The maximum atomic E-state index is 10.9. The minimum atomic E-state index is 0.0846. The summed E-state index contributed by atoms with van der Waals surface area (Å²) in [7, 11) is 0. The molecule has 0 radical (unpaired) electrons. The van der Waals surface area contributed by atoms with Crippen molar-refractivity contribution in [3.8, 4) is 50.8 Å². The van der Waals surface area contributed by atoms with Crippen molar-refractivity contribution < 1.29 is 9.52 Å². The number of aromatic hydroxyl groups is 1. The molecule has 284 valence electrons. The van der Waals surface area contributed by atoms with Gasteiger partial charge in [0.1, 0.15) is 11.3 Å². The first-order valence-corrected chi connectivity index (χ1v) is 20.0. The van der Waals surface area contributed by atoms with Crippen LogP contribution in [0, 0.1) is 5.41 Å².